The normalized spacial score (nSPS) is 57.8. The molecule has 0 bridgehead atoms. The minimum Gasteiger partial charge on any atom is -0.435 e. The summed E-state index contributed by atoms with van der Waals surface area (Å²) in [6.45, 7) is 7.35. The number of ether oxygens (including phenoxy) is 2. The number of fused-ring (bicyclic) bond motifs is 2. The second-order valence-electron chi connectivity index (χ2n) is 10.1. The zero-order valence-electron chi connectivity index (χ0n) is 15.1. The summed E-state index contributed by atoms with van der Waals surface area (Å²) in [4.78, 5) is 12.3. The summed E-state index contributed by atoms with van der Waals surface area (Å²) in [6.07, 6.45) is 6.63. The molecule has 24 heavy (non-hydrogen) atoms. The van der Waals surface area contributed by atoms with E-state index >= 15 is 0 Å². The zero-order chi connectivity index (χ0) is 16.9. The van der Waals surface area contributed by atoms with Crippen molar-refractivity contribution >= 4 is 5.97 Å². The van der Waals surface area contributed by atoms with Crippen LogP contribution in [-0.4, -0.2) is 23.7 Å². The lowest BCUT2D eigenvalue weighted by atomic mass is 9.38. The van der Waals surface area contributed by atoms with Gasteiger partial charge in [0.25, 0.3) is 0 Å². The molecule has 134 valence electrons. The number of aliphatic hydroxyl groups is 1. The van der Waals surface area contributed by atoms with Gasteiger partial charge in [-0.2, -0.15) is 0 Å². The minimum absolute atomic E-state index is 0.0554. The van der Waals surface area contributed by atoms with Gasteiger partial charge in [0.05, 0.1) is 5.92 Å². The summed E-state index contributed by atoms with van der Waals surface area (Å²) >= 11 is 0. The lowest BCUT2D eigenvalue weighted by molar-refractivity contribution is -0.241. The molecule has 1 N–H and O–H groups in total. The highest BCUT2D eigenvalue weighted by Gasteiger charge is 2.74. The van der Waals surface area contributed by atoms with E-state index in [4.69, 9.17) is 9.47 Å². The Kier molecular flexibility index (Phi) is 2.97. The molecule has 1 spiro atoms. The van der Waals surface area contributed by atoms with Gasteiger partial charge in [-0.15, -0.1) is 0 Å². The van der Waals surface area contributed by atoms with Crippen LogP contribution in [0.4, 0.5) is 0 Å². The number of hydrogen-bond donors (Lipinski definition) is 1. The summed E-state index contributed by atoms with van der Waals surface area (Å²) < 4.78 is 11.3. The molecule has 2 saturated heterocycles. The molecule has 3 aliphatic carbocycles. The quantitative estimate of drug-likeness (QED) is 0.689. The van der Waals surface area contributed by atoms with Crippen LogP contribution in [0.3, 0.4) is 0 Å². The summed E-state index contributed by atoms with van der Waals surface area (Å²) in [5.74, 6) is 1.07. The Hall–Kier alpha value is -0.610. The Balaban J connectivity index is 1.61. The smallest absolute Gasteiger partial charge is 0.311 e. The highest BCUT2D eigenvalue weighted by molar-refractivity contribution is 5.75. The Morgan fingerprint density at radius 3 is 2.62 bits per heavy atom. The third-order valence-electron chi connectivity index (χ3n) is 8.96. The maximum Gasteiger partial charge on any atom is 0.311 e. The highest BCUT2D eigenvalue weighted by Crippen LogP contribution is 2.73. The lowest BCUT2D eigenvalue weighted by Gasteiger charge is -2.65. The van der Waals surface area contributed by atoms with Crippen molar-refractivity contribution in [2.75, 3.05) is 0 Å². The number of carbonyl (C=O) groups is 1. The molecule has 2 heterocycles. The van der Waals surface area contributed by atoms with Crippen LogP contribution < -0.4 is 0 Å². The first-order valence-corrected chi connectivity index (χ1v) is 9.85. The second kappa shape index (κ2) is 4.56. The maximum atomic E-state index is 12.3. The molecule has 5 rings (SSSR count). The third-order valence-corrected chi connectivity index (χ3v) is 8.96. The fourth-order valence-electron chi connectivity index (χ4n) is 8.19. The van der Waals surface area contributed by atoms with Crippen molar-refractivity contribution < 1.29 is 19.4 Å². The first-order valence-electron chi connectivity index (χ1n) is 9.85. The Bertz CT molecular complexity index is 586. The van der Waals surface area contributed by atoms with E-state index < -0.39 is 12.6 Å². The summed E-state index contributed by atoms with van der Waals surface area (Å²) in [7, 11) is 0. The molecule has 0 aromatic carbocycles. The van der Waals surface area contributed by atoms with Crippen molar-refractivity contribution in [3.63, 3.8) is 0 Å². The lowest BCUT2D eigenvalue weighted by Crippen LogP contribution is -2.62. The Labute approximate surface area is 144 Å². The first-order chi connectivity index (χ1) is 11.3. The molecular weight excluding hydrogens is 304 g/mol. The fourth-order valence-corrected chi connectivity index (χ4v) is 8.19. The van der Waals surface area contributed by atoms with Crippen molar-refractivity contribution in [3.8, 4) is 0 Å². The van der Waals surface area contributed by atoms with Gasteiger partial charge in [-0.1, -0.05) is 27.2 Å². The largest absolute Gasteiger partial charge is 0.435 e. The third kappa shape index (κ3) is 1.61. The molecule has 5 aliphatic rings. The average Bonchev–Trinajstić information content (AvgIpc) is 2.96. The summed E-state index contributed by atoms with van der Waals surface area (Å²) in [5, 5.41) is 10.9. The molecule has 8 atom stereocenters. The average molecular weight is 334 g/mol. The van der Waals surface area contributed by atoms with Gasteiger partial charge in [-0.05, 0) is 61.2 Å². The number of esters is 1. The molecule has 2 aliphatic heterocycles. The van der Waals surface area contributed by atoms with E-state index in [9.17, 15) is 9.90 Å². The van der Waals surface area contributed by atoms with E-state index in [1.54, 1.807) is 0 Å². The van der Waals surface area contributed by atoms with Crippen LogP contribution in [0.25, 0.3) is 0 Å². The van der Waals surface area contributed by atoms with Gasteiger partial charge in [0.2, 0.25) is 6.29 Å². The number of carbonyl (C=O) groups excluding carboxylic acids is 1. The van der Waals surface area contributed by atoms with Gasteiger partial charge >= 0.3 is 5.97 Å². The van der Waals surface area contributed by atoms with E-state index in [0.29, 0.717) is 17.3 Å². The van der Waals surface area contributed by atoms with E-state index in [2.05, 4.69) is 20.8 Å². The summed E-state index contributed by atoms with van der Waals surface area (Å²) in [5.41, 5.74) is 0.353. The van der Waals surface area contributed by atoms with Gasteiger partial charge in [0.1, 0.15) is 0 Å². The monoisotopic (exact) mass is 334 g/mol. The maximum absolute atomic E-state index is 12.3. The fraction of sp³-hybridized carbons (Fsp3) is 0.950. The van der Waals surface area contributed by atoms with Gasteiger partial charge in [0, 0.05) is 11.3 Å². The molecule has 5 fully saturated rings. The van der Waals surface area contributed by atoms with E-state index in [1.807, 2.05) is 0 Å². The van der Waals surface area contributed by atoms with Crippen LogP contribution in [0.15, 0.2) is 0 Å². The van der Waals surface area contributed by atoms with Crippen LogP contribution >= 0.6 is 0 Å². The zero-order valence-corrected chi connectivity index (χ0v) is 15.1. The SMILES string of the molecule is CC1(C)CCC[C@]2(C)[C@H]3CC[C@@H]4C(=O)OC5O[C@@H](O)[C@]3(CC[C@@H]12)[C@H]54. The van der Waals surface area contributed by atoms with E-state index in [1.165, 1.54) is 19.3 Å². The number of aliphatic hydroxyl groups excluding tert-OH is 1. The van der Waals surface area contributed by atoms with Crippen LogP contribution in [0.5, 0.6) is 0 Å². The molecule has 0 radical (unpaired) electrons. The number of hydrogen-bond acceptors (Lipinski definition) is 4. The topological polar surface area (TPSA) is 55.8 Å². The molecule has 0 amide bonds. The van der Waals surface area contributed by atoms with Crippen LogP contribution in [0.2, 0.25) is 0 Å². The van der Waals surface area contributed by atoms with E-state index in [0.717, 1.165) is 25.7 Å². The van der Waals surface area contributed by atoms with Gasteiger partial charge in [-0.3, -0.25) is 4.79 Å². The first kappa shape index (κ1) is 15.6. The van der Waals surface area contributed by atoms with Crippen molar-refractivity contribution in [3.05, 3.63) is 0 Å². The Morgan fingerprint density at radius 2 is 1.83 bits per heavy atom. The Morgan fingerprint density at radius 1 is 1.04 bits per heavy atom. The predicted octanol–water partition coefficient (Wildman–Crippen LogP) is 3.47. The standard InChI is InChI=1S/C20H30O4/c1-18(2)8-4-9-19(3)12(18)7-10-20-13(19)6-5-11-14(20)16(23-15(11)21)24-17(20)22/h11-14,16-17,22H,4-10H2,1-3H3/t11-,12-,13+,14-,16?,17+,19-,20-/m0/s1. The van der Waals surface area contributed by atoms with Crippen LogP contribution in [0, 0.1) is 39.9 Å². The van der Waals surface area contributed by atoms with Crippen LogP contribution in [-0.2, 0) is 14.3 Å². The second-order valence-corrected chi connectivity index (χ2v) is 10.1. The number of rotatable bonds is 0. The van der Waals surface area contributed by atoms with Crippen molar-refractivity contribution in [2.45, 2.75) is 78.3 Å². The highest BCUT2D eigenvalue weighted by atomic mass is 16.8. The molecular formula is C20H30O4. The van der Waals surface area contributed by atoms with Crippen LogP contribution in [0.1, 0.15) is 65.7 Å². The van der Waals surface area contributed by atoms with Gasteiger partial charge in [-0.25, -0.2) is 0 Å². The van der Waals surface area contributed by atoms with Gasteiger partial charge in [0.15, 0.2) is 6.29 Å². The van der Waals surface area contributed by atoms with Gasteiger partial charge < -0.3 is 14.6 Å². The molecule has 4 nitrogen and oxygen atoms in total. The van der Waals surface area contributed by atoms with Crippen molar-refractivity contribution in [1.82, 2.24) is 0 Å². The molecule has 0 aromatic heterocycles. The minimum atomic E-state index is -0.767. The molecule has 0 aromatic rings. The molecule has 4 heteroatoms. The van der Waals surface area contributed by atoms with Crippen molar-refractivity contribution in [1.29, 1.82) is 0 Å². The summed E-state index contributed by atoms with van der Waals surface area (Å²) in [6, 6.07) is 0. The van der Waals surface area contributed by atoms with Crippen molar-refractivity contribution in [2.24, 2.45) is 39.9 Å². The predicted molar refractivity (Wildman–Crippen MR) is 87.6 cm³/mol. The van der Waals surface area contributed by atoms with E-state index in [-0.39, 0.29) is 28.6 Å². The molecule has 3 saturated carbocycles. The molecule has 1 unspecified atom stereocenters.